The first-order valence-corrected chi connectivity index (χ1v) is 7.55. The van der Waals surface area contributed by atoms with Gasteiger partial charge in [-0.25, -0.2) is 9.37 Å². The summed E-state index contributed by atoms with van der Waals surface area (Å²) in [6, 6.07) is 7.16. The van der Waals surface area contributed by atoms with Gasteiger partial charge in [-0.3, -0.25) is 14.2 Å². The van der Waals surface area contributed by atoms with Crippen molar-refractivity contribution >= 4 is 11.7 Å². The van der Waals surface area contributed by atoms with Gasteiger partial charge in [0.2, 0.25) is 5.91 Å². The van der Waals surface area contributed by atoms with Gasteiger partial charge in [-0.2, -0.15) is 0 Å². The van der Waals surface area contributed by atoms with Crippen LogP contribution >= 0.6 is 0 Å². The van der Waals surface area contributed by atoms with Gasteiger partial charge >= 0.3 is 0 Å². The number of halogens is 1. The topological polar surface area (TPSA) is 90.5 Å². The Hall–Kier alpha value is -2.74. The van der Waals surface area contributed by atoms with Crippen molar-refractivity contribution in [2.75, 3.05) is 31.2 Å². The molecule has 24 heavy (non-hydrogen) atoms. The number of benzene rings is 1. The number of primary amides is 1. The maximum Gasteiger partial charge on any atom is 0.260 e. The van der Waals surface area contributed by atoms with Crippen LogP contribution in [0.15, 0.2) is 35.1 Å². The van der Waals surface area contributed by atoms with Gasteiger partial charge < -0.3 is 15.4 Å². The number of hydrogen-bond acceptors (Lipinski definition) is 5. The molecule has 2 heterocycles. The van der Waals surface area contributed by atoms with Gasteiger partial charge in [-0.1, -0.05) is 12.1 Å². The fourth-order valence-electron chi connectivity index (χ4n) is 2.64. The molecule has 0 spiro atoms. The first-order chi connectivity index (χ1) is 11.6. The molecule has 2 aromatic rings. The van der Waals surface area contributed by atoms with Crippen molar-refractivity contribution in [3.05, 3.63) is 52.3 Å². The zero-order valence-electron chi connectivity index (χ0n) is 12.9. The van der Waals surface area contributed by atoms with Crippen LogP contribution in [0.4, 0.5) is 10.2 Å². The smallest absolute Gasteiger partial charge is 0.260 e. The van der Waals surface area contributed by atoms with Crippen LogP contribution in [0.3, 0.4) is 0 Å². The van der Waals surface area contributed by atoms with Crippen molar-refractivity contribution in [2.24, 2.45) is 5.73 Å². The van der Waals surface area contributed by atoms with E-state index < -0.39 is 17.3 Å². The highest BCUT2D eigenvalue weighted by molar-refractivity contribution is 5.76. The molecule has 1 saturated heterocycles. The molecule has 126 valence electrons. The Morgan fingerprint density at radius 2 is 2.00 bits per heavy atom. The third-order valence-electron chi connectivity index (χ3n) is 3.74. The molecule has 0 saturated carbocycles. The number of nitrogens with zero attached hydrogens (tertiary/aromatic N) is 3. The third kappa shape index (κ3) is 3.28. The molecule has 1 aliphatic rings. The number of rotatable bonds is 4. The lowest BCUT2D eigenvalue weighted by molar-refractivity contribution is -0.117. The molecule has 8 heteroatoms. The van der Waals surface area contributed by atoms with Crippen LogP contribution in [0.5, 0.6) is 0 Å². The number of carbonyl (C=O) groups is 1. The standard InChI is InChI=1S/C16H17FN4O3/c17-11-3-1-2-4-12(11)21-15(9-13(18)22)19-14(10-16(21)23)20-5-7-24-8-6-20/h1-4,10H,5-9H2,(H2,18,22). The van der Waals surface area contributed by atoms with Gasteiger partial charge in [-0.05, 0) is 12.1 Å². The Morgan fingerprint density at radius 1 is 1.29 bits per heavy atom. The zero-order chi connectivity index (χ0) is 17.1. The Kier molecular flexibility index (Phi) is 4.57. The van der Waals surface area contributed by atoms with E-state index in [1.165, 1.54) is 24.3 Å². The molecular weight excluding hydrogens is 315 g/mol. The van der Waals surface area contributed by atoms with E-state index in [2.05, 4.69) is 4.98 Å². The van der Waals surface area contributed by atoms with E-state index in [0.717, 1.165) is 4.57 Å². The van der Waals surface area contributed by atoms with E-state index in [1.807, 2.05) is 4.90 Å². The van der Waals surface area contributed by atoms with Crippen molar-refractivity contribution in [1.29, 1.82) is 0 Å². The number of anilines is 1. The summed E-state index contributed by atoms with van der Waals surface area (Å²) in [5, 5.41) is 0. The average molecular weight is 332 g/mol. The van der Waals surface area contributed by atoms with E-state index in [4.69, 9.17) is 10.5 Å². The lowest BCUT2D eigenvalue weighted by Crippen LogP contribution is -2.38. The van der Waals surface area contributed by atoms with Crippen molar-refractivity contribution in [3.63, 3.8) is 0 Å². The number of carbonyl (C=O) groups excluding carboxylic acids is 1. The van der Waals surface area contributed by atoms with Crippen molar-refractivity contribution in [1.82, 2.24) is 9.55 Å². The number of morpholine rings is 1. The monoisotopic (exact) mass is 332 g/mol. The molecule has 0 radical (unpaired) electrons. The summed E-state index contributed by atoms with van der Waals surface area (Å²) >= 11 is 0. The van der Waals surface area contributed by atoms with Gasteiger partial charge in [0.05, 0.1) is 25.3 Å². The highest BCUT2D eigenvalue weighted by Crippen LogP contribution is 2.16. The summed E-state index contributed by atoms with van der Waals surface area (Å²) in [5.74, 6) is -0.675. The predicted octanol–water partition coefficient (Wildman–Crippen LogP) is 0.236. The van der Waals surface area contributed by atoms with Crippen LogP contribution in [-0.2, 0) is 16.0 Å². The number of aromatic nitrogens is 2. The number of nitrogens with two attached hydrogens (primary N) is 1. The van der Waals surface area contributed by atoms with E-state index in [9.17, 15) is 14.0 Å². The molecule has 0 atom stereocenters. The van der Waals surface area contributed by atoms with E-state index in [-0.39, 0.29) is 17.9 Å². The molecule has 3 rings (SSSR count). The maximum absolute atomic E-state index is 14.1. The molecule has 1 aromatic heterocycles. The van der Waals surface area contributed by atoms with Crippen LogP contribution in [0, 0.1) is 5.82 Å². The molecule has 1 amide bonds. The molecule has 1 aliphatic heterocycles. The molecule has 0 aliphatic carbocycles. The predicted molar refractivity (Wildman–Crippen MR) is 85.7 cm³/mol. The van der Waals surface area contributed by atoms with Crippen LogP contribution in [0.25, 0.3) is 5.69 Å². The average Bonchev–Trinajstić information content (AvgIpc) is 2.56. The largest absolute Gasteiger partial charge is 0.378 e. The van der Waals surface area contributed by atoms with E-state index in [0.29, 0.717) is 32.1 Å². The second kappa shape index (κ2) is 6.79. The number of ether oxygens (including phenoxy) is 1. The SMILES string of the molecule is NC(=O)Cc1nc(N2CCOCC2)cc(=O)n1-c1ccccc1F. The number of para-hydroxylation sites is 1. The van der Waals surface area contributed by atoms with Gasteiger partial charge in [0.15, 0.2) is 0 Å². The van der Waals surface area contributed by atoms with Crippen LogP contribution in [-0.4, -0.2) is 41.8 Å². The summed E-state index contributed by atoms with van der Waals surface area (Å²) in [5.41, 5.74) is 4.84. The zero-order valence-corrected chi connectivity index (χ0v) is 12.9. The molecule has 0 unspecified atom stereocenters. The summed E-state index contributed by atoms with van der Waals surface area (Å²) < 4.78 is 20.5. The Bertz CT molecular complexity index is 815. The highest BCUT2D eigenvalue weighted by atomic mass is 19.1. The lowest BCUT2D eigenvalue weighted by Gasteiger charge is -2.28. The molecule has 7 nitrogen and oxygen atoms in total. The second-order valence-electron chi connectivity index (χ2n) is 5.40. The number of hydrogen-bond donors (Lipinski definition) is 1. The molecule has 1 fully saturated rings. The van der Waals surface area contributed by atoms with Gasteiger partial charge in [0, 0.05) is 19.2 Å². The normalized spacial score (nSPS) is 14.6. The summed E-state index contributed by atoms with van der Waals surface area (Å²) in [6.45, 7) is 2.24. The minimum Gasteiger partial charge on any atom is -0.378 e. The minimum absolute atomic E-state index is 0.0415. The van der Waals surface area contributed by atoms with Gasteiger partial charge in [0.1, 0.15) is 17.5 Å². The molecule has 1 aromatic carbocycles. The highest BCUT2D eigenvalue weighted by Gasteiger charge is 2.19. The fraction of sp³-hybridized carbons (Fsp3) is 0.312. The van der Waals surface area contributed by atoms with E-state index >= 15 is 0 Å². The van der Waals surface area contributed by atoms with Crippen molar-refractivity contribution in [2.45, 2.75) is 6.42 Å². The molecule has 0 bridgehead atoms. The first-order valence-electron chi connectivity index (χ1n) is 7.55. The Morgan fingerprint density at radius 3 is 2.67 bits per heavy atom. The fourth-order valence-corrected chi connectivity index (χ4v) is 2.64. The Balaban J connectivity index is 2.12. The summed E-state index contributed by atoms with van der Waals surface area (Å²) in [7, 11) is 0. The number of amides is 1. The van der Waals surface area contributed by atoms with Crippen LogP contribution in [0.2, 0.25) is 0 Å². The molecule has 2 N–H and O–H groups in total. The first kappa shape index (κ1) is 16.1. The second-order valence-corrected chi connectivity index (χ2v) is 5.40. The maximum atomic E-state index is 14.1. The molecular formula is C16H17FN4O3. The van der Waals surface area contributed by atoms with Crippen molar-refractivity contribution < 1.29 is 13.9 Å². The summed E-state index contributed by atoms with van der Waals surface area (Å²) in [6.07, 6.45) is -0.262. The van der Waals surface area contributed by atoms with Gasteiger partial charge in [0.25, 0.3) is 5.56 Å². The minimum atomic E-state index is -0.647. The van der Waals surface area contributed by atoms with Crippen molar-refractivity contribution in [3.8, 4) is 5.69 Å². The van der Waals surface area contributed by atoms with Gasteiger partial charge in [-0.15, -0.1) is 0 Å². The summed E-state index contributed by atoms with van der Waals surface area (Å²) in [4.78, 5) is 30.2. The third-order valence-corrected chi connectivity index (χ3v) is 3.74. The van der Waals surface area contributed by atoms with Crippen LogP contribution in [0.1, 0.15) is 5.82 Å². The lowest BCUT2D eigenvalue weighted by atomic mass is 10.2. The van der Waals surface area contributed by atoms with Crippen LogP contribution < -0.4 is 16.2 Å². The Labute approximate surface area is 137 Å². The quantitative estimate of drug-likeness (QED) is 0.866. The van der Waals surface area contributed by atoms with E-state index in [1.54, 1.807) is 6.07 Å².